The molecule has 0 aromatic heterocycles. The molecular weight excluding hydrogens is 203 g/mol. The van der Waals surface area contributed by atoms with Crippen LogP contribution in [-0.2, 0) is 4.79 Å². The molecule has 0 aromatic rings. The van der Waals surface area contributed by atoms with Crippen LogP contribution in [0.4, 0.5) is 0 Å². The van der Waals surface area contributed by atoms with Crippen molar-refractivity contribution in [2.24, 2.45) is 5.73 Å². The van der Waals surface area contributed by atoms with Gasteiger partial charge in [0, 0.05) is 6.54 Å². The molecule has 0 saturated heterocycles. The molecule has 4 heteroatoms. The summed E-state index contributed by atoms with van der Waals surface area (Å²) in [6.07, 6.45) is 0. The van der Waals surface area contributed by atoms with Gasteiger partial charge in [0.05, 0.1) is 5.97 Å². The van der Waals surface area contributed by atoms with Crippen molar-refractivity contribution in [1.82, 2.24) is 0 Å². The summed E-state index contributed by atoms with van der Waals surface area (Å²) in [5.41, 5.74) is 4.51. The van der Waals surface area contributed by atoms with Crippen LogP contribution in [0.25, 0.3) is 0 Å². The van der Waals surface area contributed by atoms with Crippen molar-refractivity contribution in [1.29, 1.82) is 0 Å². The Hall–Kier alpha value is 1.48. The van der Waals surface area contributed by atoms with Crippen molar-refractivity contribution in [3.8, 4) is 0 Å². The van der Waals surface area contributed by atoms with Crippen LogP contribution in [-0.4, -0.2) is 12.5 Å². The molecule has 0 aliphatic rings. The van der Waals surface area contributed by atoms with E-state index in [-0.39, 0.29) is 75.4 Å². The van der Waals surface area contributed by atoms with Crippen molar-refractivity contribution in [3.63, 3.8) is 0 Å². The van der Waals surface area contributed by atoms with E-state index in [4.69, 9.17) is 9.90 Å². The molecule has 0 heterocycles. The van der Waals surface area contributed by atoms with E-state index in [1.54, 1.807) is 0 Å². The largest absolute Gasteiger partial charge is 1.00 e. The summed E-state index contributed by atoms with van der Waals surface area (Å²) >= 11 is 0. The average molecular weight is 207 g/mol. The summed E-state index contributed by atoms with van der Waals surface area (Å²) in [6.45, 7) is -0.389. The first kappa shape index (κ1) is 10.5. The van der Waals surface area contributed by atoms with Gasteiger partial charge in [0.15, 0.2) is 0 Å². The van der Waals surface area contributed by atoms with Crippen LogP contribution in [0.1, 0.15) is 0 Å². The average Bonchev–Trinajstić information content (AvgIpc) is 1.38. The zero-order chi connectivity index (χ0) is 4.28. The zero-order valence-corrected chi connectivity index (χ0v) is 9.88. The third kappa shape index (κ3) is 9.08. The minimum absolute atomic E-state index is 0. The number of nitrogens with two attached hydrogens (primary N) is 1. The van der Waals surface area contributed by atoms with Gasteiger partial charge in [-0.05, 0) is 0 Å². The van der Waals surface area contributed by atoms with Crippen LogP contribution >= 0.6 is 0 Å². The first-order valence-corrected chi connectivity index (χ1v) is 1.17. The van der Waals surface area contributed by atoms with Gasteiger partial charge in [-0.25, -0.2) is 0 Å². The maximum atomic E-state index is 9.13. The first-order valence-electron chi connectivity index (χ1n) is 1.17. The Morgan fingerprint density at radius 2 is 2.00 bits per heavy atom. The minimum Gasteiger partial charge on any atom is -0.549 e. The maximum Gasteiger partial charge on any atom is 1.00 e. The molecule has 0 bridgehead atoms. The van der Waals surface area contributed by atoms with Gasteiger partial charge in [0.2, 0.25) is 0 Å². The molecule has 0 aliphatic carbocycles. The van der Waals surface area contributed by atoms with E-state index in [9.17, 15) is 0 Å². The monoisotopic (exact) mass is 207 g/mol. The van der Waals surface area contributed by atoms with Crippen LogP contribution < -0.4 is 79.7 Å². The quantitative estimate of drug-likeness (QED) is 0.467. The van der Waals surface area contributed by atoms with Gasteiger partial charge in [-0.15, -0.1) is 0 Å². The predicted octanol–water partition coefficient (Wildman–Crippen LogP) is -5.30. The fourth-order valence-corrected chi connectivity index (χ4v) is 0. The Morgan fingerprint density at radius 3 is 2.00 bits per heavy atom. The molecule has 0 rings (SSSR count). The van der Waals surface area contributed by atoms with Crippen LogP contribution in [0.3, 0.4) is 0 Å². The summed E-state index contributed by atoms with van der Waals surface area (Å²) < 4.78 is 0. The van der Waals surface area contributed by atoms with E-state index < -0.39 is 5.97 Å². The molecule has 6 heavy (non-hydrogen) atoms. The number of aliphatic carboxylic acids is 1. The molecule has 0 spiro atoms. The van der Waals surface area contributed by atoms with Crippen LogP contribution in [0.15, 0.2) is 0 Å². The van der Waals surface area contributed by atoms with E-state index in [0.717, 1.165) is 0 Å². The van der Waals surface area contributed by atoms with Gasteiger partial charge in [0.1, 0.15) is 0 Å². The van der Waals surface area contributed by atoms with Gasteiger partial charge >= 0.3 is 68.9 Å². The van der Waals surface area contributed by atoms with Crippen LogP contribution in [0.2, 0.25) is 0 Å². The second-order valence-corrected chi connectivity index (χ2v) is 0.576. The third-order valence-corrected chi connectivity index (χ3v) is 0.167. The summed E-state index contributed by atoms with van der Waals surface area (Å²) in [6, 6.07) is 0. The molecule has 0 aliphatic heterocycles. The fourth-order valence-electron chi connectivity index (χ4n) is 0. The van der Waals surface area contributed by atoms with Gasteiger partial charge in [-0.2, -0.15) is 0 Å². The number of carboxylic acids is 1. The fraction of sp³-hybridized carbons (Fsp3) is 0.500. The second kappa shape index (κ2) is 6.48. The first-order chi connectivity index (χ1) is 2.27. The Bertz CT molecular complexity index is 46.8. The smallest absolute Gasteiger partial charge is 0.549 e. The number of hydrogen-bond donors (Lipinski definition) is 1. The normalized spacial score (nSPS) is 6.17. The number of carboxylic acid groups (broad SMARTS) is 1. The second-order valence-electron chi connectivity index (χ2n) is 0.576. The number of rotatable bonds is 1. The number of carbonyl (C=O) groups is 1. The van der Waals surface area contributed by atoms with Crippen molar-refractivity contribution in [2.75, 3.05) is 6.54 Å². The molecule has 0 fully saturated rings. The minimum atomic E-state index is -1.22. The topological polar surface area (TPSA) is 66.2 Å². The molecule has 30 valence electrons. The van der Waals surface area contributed by atoms with Gasteiger partial charge in [-0.3, -0.25) is 0 Å². The van der Waals surface area contributed by atoms with E-state index in [1.165, 1.54) is 0 Å². The molecule has 3 nitrogen and oxygen atoms in total. The molecule has 0 amide bonds. The van der Waals surface area contributed by atoms with Crippen molar-refractivity contribution in [3.05, 3.63) is 0 Å². The molecule has 0 saturated carbocycles. The molecule has 0 unspecified atom stereocenters. The summed E-state index contributed by atoms with van der Waals surface area (Å²) in [5, 5.41) is 9.13. The Kier molecular flexibility index (Phi) is 11.3. The van der Waals surface area contributed by atoms with Crippen LogP contribution in [0.5, 0.6) is 0 Å². The van der Waals surface area contributed by atoms with Crippen molar-refractivity contribution < 1.29 is 78.8 Å². The Morgan fingerprint density at radius 1 is 1.83 bits per heavy atom. The molecule has 0 aromatic carbocycles. The van der Waals surface area contributed by atoms with Crippen molar-refractivity contribution >= 4 is 5.97 Å². The molecular formula is C2H4CsNO2. The Labute approximate surface area is 94.7 Å². The SMILES string of the molecule is NCC(=O)[O-].[Cs+]. The molecule has 2 N–H and O–H groups in total. The van der Waals surface area contributed by atoms with Gasteiger partial charge in [-0.1, -0.05) is 0 Å². The van der Waals surface area contributed by atoms with Gasteiger partial charge in [0.25, 0.3) is 0 Å². The van der Waals surface area contributed by atoms with Gasteiger partial charge < -0.3 is 15.6 Å². The third-order valence-electron chi connectivity index (χ3n) is 0.167. The summed E-state index contributed by atoms with van der Waals surface area (Å²) in [4.78, 5) is 9.13. The van der Waals surface area contributed by atoms with E-state index in [2.05, 4.69) is 5.73 Å². The van der Waals surface area contributed by atoms with E-state index >= 15 is 0 Å². The molecule has 0 radical (unpaired) electrons. The maximum absolute atomic E-state index is 9.13. The van der Waals surface area contributed by atoms with Crippen molar-refractivity contribution in [2.45, 2.75) is 0 Å². The number of carbonyl (C=O) groups excluding carboxylic acids is 1. The Balaban J connectivity index is 0. The zero-order valence-electron chi connectivity index (χ0n) is 3.60. The standard InChI is InChI=1S/C2H5NO2.Cs/c3-1-2(4)5;/h1,3H2,(H,4,5);/q;+1/p-1. The van der Waals surface area contributed by atoms with E-state index in [0.29, 0.717) is 0 Å². The number of hydrogen-bond acceptors (Lipinski definition) is 3. The van der Waals surface area contributed by atoms with Crippen LogP contribution in [0, 0.1) is 0 Å². The predicted molar refractivity (Wildman–Crippen MR) is 14.1 cm³/mol. The van der Waals surface area contributed by atoms with E-state index in [1.807, 2.05) is 0 Å². The summed E-state index contributed by atoms with van der Waals surface area (Å²) in [7, 11) is 0. The molecule has 0 atom stereocenters. The summed E-state index contributed by atoms with van der Waals surface area (Å²) in [5.74, 6) is -1.22.